The summed E-state index contributed by atoms with van der Waals surface area (Å²) in [6.07, 6.45) is 0.425. The number of hydrogen-bond donors (Lipinski definition) is 2. The van der Waals surface area contributed by atoms with Crippen LogP contribution in [0.2, 0.25) is 0 Å². The molecule has 0 aliphatic rings. The van der Waals surface area contributed by atoms with Crippen molar-refractivity contribution in [3.05, 3.63) is 59.7 Å². The zero-order valence-electron chi connectivity index (χ0n) is 13.5. The second-order valence-corrected chi connectivity index (χ2v) is 5.57. The summed E-state index contributed by atoms with van der Waals surface area (Å²) >= 11 is 0. The lowest BCUT2D eigenvalue weighted by molar-refractivity contribution is -0.138. The van der Waals surface area contributed by atoms with Gasteiger partial charge in [-0.15, -0.1) is 0 Å². The highest BCUT2D eigenvalue weighted by atomic mass is 16.5. The van der Waals surface area contributed by atoms with Crippen LogP contribution in [0.1, 0.15) is 31.1 Å². The Kier molecular flexibility index (Phi) is 5.90. The van der Waals surface area contributed by atoms with Gasteiger partial charge in [0.1, 0.15) is 6.04 Å². The maximum absolute atomic E-state index is 10.8. The molecule has 2 rings (SSSR count). The van der Waals surface area contributed by atoms with Gasteiger partial charge in [0.05, 0.1) is 6.10 Å². The Bertz CT molecular complexity index is 635. The first-order valence-electron chi connectivity index (χ1n) is 7.80. The summed E-state index contributed by atoms with van der Waals surface area (Å²) in [5.41, 5.74) is 9.84. The minimum Gasteiger partial charge on any atom is -0.480 e. The Morgan fingerprint density at radius 2 is 1.61 bits per heavy atom. The van der Waals surface area contributed by atoms with Crippen LogP contribution in [0.4, 0.5) is 0 Å². The van der Waals surface area contributed by atoms with Crippen LogP contribution in [0.3, 0.4) is 0 Å². The monoisotopic (exact) mass is 313 g/mol. The SMILES string of the molecule is CCOC(C)c1ccc(-c2ccc(CC(N)C(=O)O)cc2)cc1. The smallest absolute Gasteiger partial charge is 0.320 e. The Labute approximate surface area is 136 Å². The molecule has 0 aliphatic carbocycles. The molecule has 0 saturated heterocycles. The molecule has 3 N–H and O–H groups in total. The first-order chi connectivity index (χ1) is 11.0. The van der Waals surface area contributed by atoms with Crippen molar-refractivity contribution in [2.45, 2.75) is 32.4 Å². The van der Waals surface area contributed by atoms with Gasteiger partial charge >= 0.3 is 5.97 Å². The van der Waals surface area contributed by atoms with Gasteiger partial charge in [-0.25, -0.2) is 0 Å². The molecule has 122 valence electrons. The molecule has 2 aromatic rings. The van der Waals surface area contributed by atoms with Crippen molar-refractivity contribution in [1.29, 1.82) is 0 Å². The number of rotatable bonds is 7. The lowest BCUT2D eigenvalue weighted by Crippen LogP contribution is -2.32. The summed E-state index contributed by atoms with van der Waals surface area (Å²) in [7, 11) is 0. The summed E-state index contributed by atoms with van der Waals surface area (Å²) in [5, 5.41) is 8.85. The third kappa shape index (κ3) is 4.65. The number of carboxylic acid groups (broad SMARTS) is 1. The van der Waals surface area contributed by atoms with E-state index in [1.165, 1.54) is 0 Å². The molecule has 0 radical (unpaired) electrons. The minimum atomic E-state index is -0.979. The highest BCUT2D eigenvalue weighted by molar-refractivity contribution is 5.73. The summed E-state index contributed by atoms with van der Waals surface area (Å²) in [5.74, 6) is -0.979. The van der Waals surface area contributed by atoms with E-state index < -0.39 is 12.0 Å². The zero-order chi connectivity index (χ0) is 16.8. The van der Waals surface area contributed by atoms with Crippen molar-refractivity contribution >= 4 is 5.97 Å². The van der Waals surface area contributed by atoms with E-state index in [0.29, 0.717) is 13.0 Å². The molecule has 2 unspecified atom stereocenters. The van der Waals surface area contributed by atoms with Gasteiger partial charge < -0.3 is 15.6 Å². The van der Waals surface area contributed by atoms with Gasteiger partial charge in [0.25, 0.3) is 0 Å². The summed E-state index contributed by atoms with van der Waals surface area (Å²) in [6, 6.07) is 15.3. The molecule has 0 fully saturated rings. The molecule has 0 spiro atoms. The van der Waals surface area contributed by atoms with Crippen LogP contribution in [0.15, 0.2) is 48.5 Å². The fourth-order valence-corrected chi connectivity index (χ4v) is 2.47. The molecule has 0 aliphatic heterocycles. The van der Waals surface area contributed by atoms with Crippen LogP contribution in [0.5, 0.6) is 0 Å². The average molecular weight is 313 g/mol. The largest absolute Gasteiger partial charge is 0.480 e. The van der Waals surface area contributed by atoms with E-state index >= 15 is 0 Å². The molecule has 0 aromatic heterocycles. The minimum absolute atomic E-state index is 0.0916. The number of carbonyl (C=O) groups is 1. The maximum atomic E-state index is 10.8. The van der Waals surface area contributed by atoms with Gasteiger partial charge in [-0.1, -0.05) is 48.5 Å². The maximum Gasteiger partial charge on any atom is 0.320 e. The number of hydrogen-bond acceptors (Lipinski definition) is 3. The van der Waals surface area contributed by atoms with E-state index in [-0.39, 0.29) is 6.10 Å². The van der Waals surface area contributed by atoms with Crippen molar-refractivity contribution in [3.8, 4) is 11.1 Å². The van der Waals surface area contributed by atoms with Gasteiger partial charge in [-0.05, 0) is 42.5 Å². The Hall–Kier alpha value is -2.17. The van der Waals surface area contributed by atoms with Crippen LogP contribution in [-0.4, -0.2) is 23.7 Å². The molecule has 23 heavy (non-hydrogen) atoms. The quantitative estimate of drug-likeness (QED) is 0.821. The summed E-state index contributed by atoms with van der Waals surface area (Å²) in [6.45, 7) is 4.73. The van der Waals surface area contributed by atoms with Gasteiger partial charge in [-0.2, -0.15) is 0 Å². The van der Waals surface area contributed by atoms with E-state index in [4.69, 9.17) is 15.6 Å². The van der Waals surface area contributed by atoms with Crippen molar-refractivity contribution < 1.29 is 14.6 Å². The van der Waals surface area contributed by atoms with Crippen LogP contribution in [0, 0.1) is 0 Å². The number of nitrogens with two attached hydrogens (primary N) is 1. The number of benzene rings is 2. The van der Waals surface area contributed by atoms with E-state index in [2.05, 4.69) is 24.3 Å². The highest BCUT2D eigenvalue weighted by Crippen LogP contribution is 2.24. The van der Waals surface area contributed by atoms with Crippen molar-refractivity contribution in [3.63, 3.8) is 0 Å². The molecule has 0 amide bonds. The van der Waals surface area contributed by atoms with Crippen molar-refractivity contribution in [2.24, 2.45) is 5.73 Å². The number of carboxylic acids is 1. The highest BCUT2D eigenvalue weighted by Gasteiger charge is 2.12. The second kappa shape index (κ2) is 7.90. The molecule has 4 nitrogen and oxygen atoms in total. The van der Waals surface area contributed by atoms with E-state index in [9.17, 15) is 4.79 Å². The van der Waals surface area contributed by atoms with Crippen LogP contribution >= 0.6 is 0 Å². The van der Waals surface area contributed by atoms with Gasteiger partial charge in [0.15, 0.2) is 0 Å². The van der Waals surface area contributed by atoms with Gasteiger partial charge in [0.2, 0.25) is 0 Å². The fraction of sp³-hybridized carbons (Fsp3) is 0.316. The molecule has 4 heteroatoms. The van der Waals surface area contributed by atoms with Crippen LogP contribution in [-0.2, 0) is 16.0 Å². The average Bonchev–Trinajstić information content (AvgIpc) is 2.56. The first kappa shape index (κ1) is 17.2. The molecule has 2 aromatic carbocycles. The molecule has 0 saturated carbocycles. The third-order valence-corrected chi connectivity index (χ3v) is 3.86. The van der Waals surface area contributed by atoms with Crippen LogP contribution in [0.25, 0.3) is 11.1 Å². The number of aliphatic carboxylic acids is 1. The van der Waals surface area contributed by atoms with E-state index in [1.54, 1.807) is 0 Å². The van der Waals surface area contributed by atoms with Gasteiger partial charge in [0, 0.05) is 6.61 Å². The Morgan fingerprint density at radius 1 is 1.09 bits per heavy atom. The Balaban J connectivity index is 2.08. The standard InChI is InChI=1S/C19H23NO3/c1-3-23-13(2)15-8-10-17(11-9-15)16-6-4-14(5-7-16)12-18(20)19(21)22/h4-11,13,18H,3,12,20H2,1-2H3,(H,21,22). The number of ether oxygens (including phenoxy) is 1. The predicted molar refractivity (Wildman–Crippen MR) is 91.2 cm³/mol. The van der Waals surface area contributed by atoms with Crippen molar-refractivity contribution in [1.82, 2.24) is 0 Å². The van der Waals surface area contributed by atoms with E-state index in [1.807, 2.05) is 38.1 Å². The third-order valence-electron chi connectivity index (χ3n) is 3.86. The molecule has 0 bridgehead atoms. The lowest BCUT2D eigenvalue weighted by atomic mass is 9.99. The summed E-state index contributed by atoms with van der Waals surface area (Å²) < 4.78 is 5.59. The molecule has 2 atom stereocenters. The molecular formula is C19H23NO3. The molecular weight excluding hydrogens is 290 g/mol. The topological polar surface area (TPSA) is 72.5 Å². The molecule has 0 heterocycles. The van der Waals surface area contributed by atoms with Gasteiger partial charge in [-0.3, -0.25) is 4.79 Å². The Morgan fingerprint density at radius 3 is 2.09 bits per heavy atom. The van der Waals surface area contributed by atoms with Crippen molar-refractivity contribution in [2.75, 3.05) is 6.61 Å². The fourth-order valence-electron chi connectivity index (χ4n) is 2.47. The summed E-state index contributed by atoms with van der Waals surface area (Å²) in [4.78, 5) is 10.8. The van der Waals surface area contributed by atoms with E-state index in [0.717, 1.165) is 22.3 Å². The second-order valence-electron chi connectivity index (χ2n) is 5.57. The van der Waals surface area contributed by atoms with Crippen LogP contribution < -0.4 is 5.73 Å². The lowest BCUT2D eigenvalue weighted by Gasteiger charge is -2.12. The normalized spacial score (nSPS) is 13.5. The zero-order valence-corrected chi connectivity index (χ0v) is 13.5. The predicted octanol–water partition coefficient (Wildman–Crippen LogP) is 3.41. The first-order valence-corrected chi connectivity index (χ1v) is 7.80.